The van der Waals surface area contributed by atoms with Gasteiger partial charge >= 0.3 is 5.97 Å². The van der Waals surface area contributed by atoms with E-state index in [1.165, 1.54) is 86.0 Å². The molecule has 3 rings (SSSR count). The van der Waals surface area contributed by atoms with Crippen molar-refractivity contribution in [2.45, 2.75) is 0 Å². The Labute approximate surface area is 203 Å². The molecule has 36 heavy (non-hydrogen) atoms. The zero-order valence-corrected chi connectivity index (χ0v) is 18.7. The maximum atomic E-state index is 13.1. The molecule has 0 bridgehead atoms. The molecule has 0 fully saturated rings. The number of para-hydroxylation sites is 4. The lowest BCUT2D eigenvalue weighted by molar-refractivity contribution is -0.384. The Hall–Kier alpha value is -5.39. The molecule has 182 valence electrons. The van der Waals surface area contributed by atoms with E-state index in [-0.39, 0.29) is 16.9 Å². The van der Waals surface area contributed by atoms with E-state index in [1.807, 2.05) is 0 Å². The molecule has 0 aliphatic rings. The number of nitrogens with one attached hydrogen (secondary N) is 2. The predicted octanol–water partition coefficient (Wildman–Crippen LogP) is 3.95. The lowest BCUT2D eigenvalue weighted by atomic mass is 10.1. The number of hydrogen-bond donors (Lipinski definition) is 2. The van der Waals surface area contributed by atoms with Crippen LogP contribution >= 0.6 is 0 Å². The van der Waals surface area contributed by atoms with Crippen LogP contribution in [0.5, 0.6) is 0 Å². The second-order valence-corrected chi connectivity index (χ2v) is 7.13. The molecule has 3 aromatic carbocycles. The van der Waals surface area contributed by atoms with Gasteiger partial charge in [-0.3, -0.25) is 29.8 Å². The second-order valence-electron chi connectivity index (χ2n) is 7.13. The number of rotatable bonds is 8. The number of ether oxygens (including phenoxy) is 1. The van der Waals surface area contributed by atoms with Gasteiger partial charge in [-0.15, -0.1) is 0 Å². The van der Waals surface area contributed by atoms with Gasteiger partial charge in [0.05, 0.1) is 22.5 Å². The van der Waals surface area contributed by atoms with E-state index in [0.717, 1.165) is 0 Å². The van der Waals surface area contributed by atoms with E-state index in [4.69, 9.17) is 0 Å². The molecular formula is C24H18N4O8. The summed E-state index contributed by atoms with van der Waals surface area (Å²) in [5.74, 6) is -2.59. The molecule has 12 heteroatoms. The van der Waals surface area contributed by atoms with Gasteiger partial charge in [-0.1, -0.05) is 36.4 Å². The number of methoxy groups -OCH3 is 1. The van der Waals surface area contributed by atoms with Crippen molar-refractivity contribution in [2.24, 2.45) is 0 Å². The molecule has 0 aliphatic heterocycles. The minimum Gasteiger partial charge on any atom is -0.465 e. The van der Waals surface area contributed by atoms with E-state index < -0.39 is 44.6 Å². The molecule has 2 N–H and O–H groups in total. The number of anilines is 2. The number of nitrogens with zero attached hydrogens (tertiary/aromatic N) is 2. The van der Waals surface area contributed by atoms with Crippen LogP contribution in [-0.4, -0.2) is 34.7 Å². The van der Waals surface area contributed by atoms with Crippen LogP contribution in [0, 0.1) is 20.2 Å². The summed E-state index contributed by atoms with van der Waals surface area (Å²) in [6, 6.07) is 16.4. The molecule has 12 nitrogen and oxygen atoms in total. The van der Waals surface area contributed by atoms with Crippen LogP contribution in [0.25, 0.3) is 6.08 Å². The third-order valence-corrected chi connectivity index (χ3v) is 4.83. The van der Waals surface area contributed by atoms with E-state index in [9.17, 15) is 34.6 Å². The Kier molecular flexibility index (Phi) is 7.82. The van der Waals surface area contributed by atoms with Gasteiger partial charge in [-0.05, 0) is 35.9 Å². The Morgan fingerprint density at radius 3 is 1.61 bits per heavy atom. The summed E-state index contributed by atoms with van der Waals surface area (Å²) >= 11 is 0. The van der Waals surface area contributed by atoms with Crippen molar-refractivity contribution in [1.29, 1.82) is 0 Å². The molecule has 0 saturated heterocycles. The fraction of sp³-hybridized carbons (Fsp3) is 0.0417. The standard InChI is InChI=1S/C24H18N4O8/c1-36-24(31)16-12-10-15(11-13-16)14-17(22(29)25-18-6-2-4-8-20(18)27(32)33)23(30)26-19-7-3-5-9-21(19)28(34)35/h2-14H,1H3,(H,25,29)(H,26,30). The van der Waals surface area contributed by atoms with E-state index in [1.54, 1.807) is 0 Å². The van der Waals surface area contributed by atoms with Gasteiger partial charge in [-0.25, -0.2) is 4.79 Å². The van der Waals surface area contributed by atoms with Crippen molar-refractivity contribution in [1.82, 2.24) is 0 Å². The van der Waals surface area contributed by atoms with Crippen LogP contribution in [0.1, 0.15) is 15.9 Å². The molecule has 2 amide bonds. The monoisotopic (exact) mass is 490 g/mol. The summed E-state index contributed by atoms with van der Waals surface area (Å²) in [7, 11) is 1.22. The molecule has 0 atom stereocenters. The number of nitro benzene ring substituents is 2. The van der Waals surface area contributed by atoms with Crippen molar-refractivity contribution in [3.63, 3.8) is 0 Å². The molecule has 0 saturated carbocycles. The normalized spacial score (nSPS) is 10.0. The largest absolute Gasteiger partial charge is 0.465 e. The lowest BCUT2D eigenvalue weighted by Crippen LogP contribution is -2.26. The first-order valence-corrected chi connectivity index (χ1v) is 10.2. The molecule has 0 spiro atoms. The van der Waals surface area contributed by atoms with Gasteiger partial charge < -0.3 is 15.4 Å². The molecule has 0 aliphatic carbocycles. The summed E-state index contributed by atoms with van der Waals surface area (Å²) in [5, 5.41) is 27.3. The van der Waals surface area contributed by atoms with Crippen LogP contribution < -0.4 is 10.6 Å². The van der Waals surface area contributed by atoms with Gasteiger partial charge in [0.15, 0.2) is 0 Å². The van der Waals surface area contributed by atoms with Gasteiger partial charge in [0.2, 0.25) is 0 Å². The summed E-state index contributed by atoms with van der Waals surface area (Å²) in [4.78, 5) is 59.1. The highest BCUT2D eigenvalue weighted by Gasteiger charge is 2.24. The number of nitro groups is 2. The van der Waals surface area contributed by atoms with Crippen molar-refractivity contribution in [2.75, 3.05) is 17.7 Å². The zero-order chi connectivity index (χ0) is 26.2. The quantitative estimate of drug-likeness (QED) is 0.119. The summed E-state index contributed by atoms with van der Waals surface area (Å²) in [6.45, 7) is 0. The predicted molar refractivity (Wildman–Crippen MR) is 129 cm³/mol. The number of carbonyl (C=O) groups is 3. The number of amides is 2. The van der Waals surface area contributed by atoms with Gasteiger partial charge in [0.1, 0.15) is 16.9 Å². The Morgan fingerprint density at radius 2 is 1.19 bits per heavy atom. The maximum absolute atomic E-state index is 13.1. The van der Waals surface area contributed by atoms with E-state index in [2.05, 4.69) is 15.4 Å². The SMILES string of the molecule is COC(=O)c1ccc(C=C(C(=O)Nc2ccccc2[N+](=O)[O-])C(=O)Nc2ccccc2[N+](=O)[O-])cc1. The average molecular weight is 490 g/mol. The second kappa shape index (κ2) is 11.2. The first-order valence-electron chi connectivity index (χ1n) is 10.2. The highest BCUT2D eigenvalue weighted by molar-refractivity contribution is 6.29. The van der Waals surface area contributed by atoms with Gasteiger partial charge in [0.25, 0.3) is 23.2 Å². The van der Waals surface area contributed by atoms with Crippen LogP contribution in [0.2, 0.25) is 0 Å². The summed E-state index contributed by atoms with van der Waals surface area (Å²) < 4.78 is 4.63. The molecule has 0 radical (unpaired) electrons. The number of benzene rings is 3. The average Bonchev–Trinajstić information content (AvgIpc) is 2.87. The minimum absolute atomic E-state index is 0.155. The summed E-state index contributed by atoms with van der Waals surface area (Å²) in [5.41, 5.74) is -1.05. The lowest BCUT2D eigenvalue weighted by Gasteiger charge is -2.11. The third-order valence-electron chi connectivity index (χ3n) is 4.83. The first-order chi connectivity index (χ1) is 17.2. The van der Waals surface area contributed by atoms with Crippen LogP contribution in [0.15, 0.2) is 78.4 Å². The van der Waals surface area contributed by atoms with Crippen molar-refractivity contribution < 1.29 is 29.0 Å². The fourth-order valence-corrected chi connectivity index (χ4v) is 3.09. The minimum atomic E-state index is -1.00. The highest BCUT2D eigenvalue weighted by atomic mass is 16.6. The first kappa shape index (κ1) is 25.2. The van der Waals surface area contributed by atoms with Crippen molar-refractivity contribution >= 4 is 46.6 Å². The van der Waals surface area contributed by atoms with Gasteiger partial charge in [-0.2, -0.15) is 0 Å². The van der Waals surface area contributed by atoms with E-state index in [0.29, 0.717) is 5.56 Å². The maximum Gasteiger partial charge on any atom is 0.337 e. The molecular weight excluding hydrogens is 472 g/mol. The van der Waals surface area contributed by atoms with Crippen LogP contribution in [-0.2, 0) is 14.3 Å². The number of carbonyl (C=O) groups excluding carboxylic acids is 3. The summed E-state index contributed by atoms with van der Waals surface area (Å²) in [6.07, 6.45) is 1.18. The molecule has 3 aromatic rings. The third kappa shape index (κ3) is 5.94. The molecule has 0 unspecified atom stereocenters. The zero-order valence-electron chi connectivity index (χ0n) is 18.7. The fourth-order valence-electron chi connectivity index (χ4n) is 3.09. The van der Waals surface area contributed by atoms with E-state index >= 15 is 0 Å². The van der Waals surface area contributed by atoms with Crippen LogP contribution in [0.4, 0.5) is 22.7 Å². The van der Waals surface area contributed by atoms with Crippen molar-refractivity contribution in [3.05, 3.63) is 110 Å². The molecule has 0 heterocycles. The topological polar surface area (TPSA) is 171 Å². The molecule has 0 aromatic heterocycles. The Balaban J connectivity index is 2.00. The Bertz CT molecular complexity index is 1310. The number of hydrogen-bond acceptors (Lipinski definition) is 8. The smallest absolute Gasteiger partial charge is 0.337 e. The van der Waals surface area contributed by atoms with Crippen molar-refractivity contribution in [3.8, 4) is 0 Å². The van der Waals surface area contributed by atoms with Crippen LogP contribution in [0.3, 0.4) is 0 Å². The highest BCUT2D eigenvalue weighted by Crippen LogP contribution is 2.26. The number of esters is 1. The Morgan fingerprint density at radius 1 is 0.750 bits per heavy atom. The van der Waals surface area contributed by atoms with Gasteiger partial charge in [0, 0.05) is 12.1 Å².